The van der Waals surface area contributed by atoms with Crippen LogP contribution in [-0.4, -0.2) is 6.04 Å². The van der Waals surface area contributed by atoms with Crippen LogP contribution in [0.5, 0.6) is 0 Å². The maximum Gasteiger partial charge on any atom is 0.143 e. The topological polar surface area (TPSA) is 35.8 Å². The van der Waals surface area contributed by atoms with Crippen LogP contribution in [0.1, 0.15) is 12.5 Å². The summed E-state index contributed by atoms with van der Waals surface area (Å²) in [6.07, 6.45) is 1.72. The van der Waals surface area contributed by atoms with E-state index in [1.165, 1.54) is 12.1 Å². The third kappa shape index (κ3) is 2.33. The highest BCUT2D eigenvalue weighted by Crippen LogP contribution is 2.14. The standard InChI is InChI=1S/C11H11FN2/c1-3-8(2)14-10-5-4-9(7-13)11(12)6-10/h3-6,8,14H,1H2,2H3. The largest absolute Gasteiger partial charge is 0.379 e. The van der Waals surface area contributed by atoms with Gasteiger partial charge in [-0.3, -0.25) is 0 Å². The zero-order valence-electron chi connectivity index (χ0n) is 7.92. The van der Waals surface area contributed by atoms with Gasteiger partial charge in [-0.1, -0.05) is 6.08 Å². The number of nitrogens with zero attached hydrogens (tertiary/aromatic N) is 1. The van der Waals surface area contributed by atoms with Crippen molar-refractivity contribution < 1.29 is 4.39 Å². The second-order valence-corrected chi connectivity index (χ2v) is 2.98. The molecule has 0 aliphatic heterocycles. The van der Waals surface area contributed by atoms with Crippen molar-refractivity contribution in [1.82, 2.24) is 0 Å². The second-order valence-electron chi connectivity index (χ2n) is 2.98. The second kappa shape index (κ2) is 4.43. The lowest BCUT2D eigenvalue weighted by molar-refractivity contribution is 0.624. The summed E-state index contributed by atoms with van der Waals surface area (Å²) in [7, 11) is 0. The molecule has 0 saturated carbocycles. The molecule has 3 heteroatoms. The Morgan fingerprint density at radius 1 is 1.64 bits per heavy atom. The monoisotopic (exact) mass is 190 g/mol. The summed E-state index contributed by atoms with van der Waals surface area (Å²) in [5.41, 5.74) is 0.704. The van der Waals surface area contributed by atoms with E-state index in [2.05, 4.69) is 11.9 Å². The van der Waals surface area contributed by atoms with Crippen LogP contribution in [0.3, 0.4) is 0 Å². The molecule has 0 radical (unpaired) electrons. The van der Waals surface area contributed by atoms with Crippen molar-refractivity contribution in [2.45, 2.75) is 13.0 Å². The lowest BCUT2D eigenvalue weighted by atomic mass is 10.2. The van der Waals surface area contributed by atoms with E-state index >= 15 is 0 Å². The molecule has 0 aliphatic carbocycles. The highest BCUT2D eigenvalue weighted by atomic mass is 19.1. The highest BCUT2D eigenvalue weighted by Gasteiger charge is 2.03. The number of rotatable bonds is 3. The molecule has 1 unspecified atom stereocenters. The van der Waals surface area contributed by atoms with Gasteiger partial charge in [0.1, 0.15) is 11.9 Å². The summed E-state index contributed by atoms with van der Waals surface area (Å²) in [4.78, 5) is 0. The first-order valence-corrected chi connectivity index (χ1v) is 4.26. The minimum Gasteiger partial charge on any atom is -0.379 e. The molecule has 0 saturated heterocycles. The van der Waals surface area contributed by atoms with Crippen molar-refractivity contribution in [1.29, 1.82) is 5.26 Å². The van der Waals surface area contributed by atoms with Crippen LogP contribution in [-0.2, 0) is 0 Å². The Morgan fingerprint density at radius 2 is 2.36 bits per heavy atom. The van der Waals surface area contributed by atoms with Gasteiger partial charge in [0.15, 0.2) is 0 Å². The van der Waals surface area contributed by atoms with Gasteiger partial charge in [0.05, 0.1) is 5.56 Å². The molecule has 0 spiro atoms. The molecule has 2 nitrogen and oxygen atoms in total. The minimum absolute atomic E-state index is 0.0572. The lowest BCUT2D eigenvalue weighted by Gasteiger charge is -2.10. The molecule has 1 atom stereocenters. The molecular formula is C11H11FN2. The Bertz CT molecular complexity index is 379. The van der Waals surface area contributed by atoms with E-state index in [0.717, 1.165) is 0 Å². The average Bonchev–Trinajstić information content (AvgIpc) is 2.18. The number of halogens is 1. The van der Waals surface area contributed by atoms with Crippen LogP contribution < -0.4 is 5.32 Å². The van der Waals surface area contributed by atoms with Gasteiger partial charge in [-0.15, -0.1) is 6.58 Å². The third-order valence-electron chi connectivity index (χ3n) is 1.84. The number of hydrogen-bond donors (Lipinski definition) is 1. The van der Waals surface area contributed by atoms with E-state index in [1.54, 1.807) is 18.2 Å². The van der Waals surface area contributed by atoms with Crippen LogP contribution in [0.4, 0.5) is 10.1 Å². The first-order valence-electron chi connectivity index (χ1n) is 4.26. The zero-order valence-corrected chi connectivity index (χ0v) is 7.92. The highest BCUT2D eigenvalue weighted by molar-refractivity contribution is 5.49. The Hall–Kier alpha value is -1.82. The predicted molar refractivity (Wildman–Crippen MR) is 54.4 cm³/mol. The van der Waals surface area contributed by atoms with Crippen LogP contribution in [0, 0.1) is 17.1 Å². The number of hydrogen-bond acceptors (Lipinski definition) is 2. The molecule has 72 valence electrons. The maximum atomic E-state index is 13.1. The van der Waals surface area contributed by atoms with E-state index < -0.39 is 5.82 Å². The fourth-order valence-corrected chi connectivity index (χ4v) is 1.02. The van der Waals surface area contributed by atoms with Crippen molar-refractivity contribution >= 4 is 5.69 Å². The summed E-state index contributed by atoms with van der Waals surface area (Å²) >= 11 is 0. The maximum absolute atomic E-state index is 13.1. The first-order chi connectivity index (χ1) is 6.67. The lowest BCUT2D eigenvalue weighted by Crippen LogP contribution is -2.11. The molecule has 14 heavy (non-hydrogen) atoms. The number of nitriles is 1. The van der Waals surface area contributed by atoms with E-state index in [-0.39, 0.29) is 11.6 Å². The minimum atomic E-state index is -0.506. The molecule has 0 aromatic heterocycles. The van der Waals surface area contributed by atoms with Crippen LogP contribution in [0.25, 0.3) is 0 Å². The quantitative estimate of drug-likeness (QED) is 0.744. The summed E-state index contributed by atoms with van der Waals surface area (Å²) < 4.78 is 13.1. The fourth-order valence-electron chi connectivity index (χ4n) is 1.02. The van der Waals surface area contributed by atoms with Gasteiger partial charge < -0.3 is 5.32 Å². The van der Waals surface area contributed by atoms with Crippen LogP contribution in [0.15, 0.2) is 30.9 Å². The summed E-state index contributed by atoms with van der Waals surface area (Å²) in [5.74, 6) is -0.506. The van der Waals surface area contributed by atoms with Gasteiger partial charge in [-0.25, -0.2) is 4.39 Å². The van der Waals surface area contributed by atoms with Gasteiger partial charge in [0.25, 0.3) is 0 Å². The number of nitrogens with one attached hydrogen (secondary N) is 1. The smallest absolute Gasteiger partial charge is 0.143 e. The van der Waals surface area contributed by atoms with Crippen LogP contribution >= 0.6 is 0 Å². The molecule has 1 aromatic rings. The van der Waals surface area contributed by atoms with Gasteiger partial charge in [0.2, 0.25) is 0 Å². The van der Waals surface area contributed by atoms with Gasteiger partial charge in [-0.05, 0) is 25.1 Å². The third-order valence-corrected chi connectivity index (χ3v) is 1.84. The van der Waals surface area contributed by atoms with Crippen molar-refractivity contribution in [2.24, 2.45) is 0 Å². The van der Waals surface area contributed by atoms with Crippen LogP contribution in [0.2, 0.25) is 0 Å². The van der Waals surface area contributed by atoms with E-state index in [9.17, 15) is 4.39 Å². The first kappa shape index (κ1) is 10.3. The summed E-state index contributed by atoms with van der Waals surface area (Å²) in [6, 6.07) is 6.26. The predicted octanol–water partition coefficient (Wildman–Crippen LogP) is 2.68. The van der Waals surface area contributed by atoms with E-state index in [4.69, 9.17) is 5.26 Å². The van der Waals surface area contributed by atoms with Crippen molar-refractivity contribution in [3.8, 4) is 6.07 Å². The average molecular weight is 190 g/mol. The SMILES string of the molecule is C=CC(C)Nc1ccc(C#N)c(F)c1. The normalized spacial score (nSPS) is 11.5. The number of anilines is 1. The number of benzene rings is 1. The van der Waals surface area contributed by atoms with Gasteiger partial charge >= 0.3 is 0 Å². The molecule has 1 rings (SSSR count). The fraction of sp³-hybridized carbons (Fsp3) is 0.182. The Balaban J connectivity index is 2.87. The van der Waals surface area contributed by atoms with Crippen molar-refractivity contribution in [2.75, 3.05) is 5.32 Å². The van der Waals surface area contributed by atoms with E-state index in [1.807, 2.05) is 6.92 Å². The molecule has 1 aromatic carbocycles. The molecule has 0 amide bonds. The summed E-state index contributed by atoms with van der Waals surface area (Å²) in [5, 5.41) is 11.5. The molecule has 0 aliphatic rings. The Kier molecular flexibility index (Phi) is 3.24. The molecule has 1 N–H and O–H groups in total. The molecule has 0 bridgehead atoms. The molecular weight excluding hydrogens is 179 g/mol. The van der Waals surface area contributed by atoms with Gasteiger partial charge in [-0.2, -0.15) is 5.26 Å². The van der Waals surface area contributed by atoms with Crippen molar-refractivity contribution in [3.63, 3.8) is 0 Å². The molecule has 0 heterocycles. The van der Waals surface area contributed by atoms with Gasteiger partial charge in [0, 0.05) is 11.7 Å². The summed E-state index contributed by atoms with van der Waals surface area (Å²) in [6.45, 7) is 5.51. The Labute approximate surface area is 82.7 Å². The van der Waals surface area contributed by atoms with Crippen molar-refractivity contribution in [3.05, 3.63) is 42.2 Å². The Morgan fingerprint density at radius 3 is 2.86 bits per heavy atom. The zero-order chi connectivity index (χ0) is 10.6. The van der Waals surface area contributed by atoms with E-state index in [0.29, 0.717) is 5.69 Å². The molecule has 0 fully saturated rings.